The minimum absolute atomic E-state index is 0.0116. The Morgan fingerprint density at radius 1 is 1.12 bits per heavy atom. The highest BCUT2D eigenvalue weighted by molar-refractivity contribution is 6.10. The highest BCUT2D eigenvalue weighted by Gasteiger charge is 2.53. The van der Waals surface area contributed by atoms with Crippen LogP contribution in [0.4, 0.5) is 10.5 Å². The summed E-state index contributed by atoms with van der Waals surface area (Å²) in [4.78, 5) is 38.5. The first-order chi connectivity index (χ1) is 16.5. The van der Waals surface area contributed by atoms with Gasteiger partial charge in [0, 0.05) is 38.4 Å². The molecule has 34 heavy (non-hydrogen) atoms. The number of nitriles is 1. The number of hydrogen-bond donors (Lipinski definition) is 1. The van der Waals surface area contributed by atoms with Gasteiger partial charge in [-0.2, -0.15) is 5.26 Å². The number of aliphatic imine (C=N–C) groups is 1. The van der Waals surface area contributed by atoms with Crippen LogP contribution in [0.5, 0.6) is 0 Å². The van der Waals surface area contributed by atoms with Crippen LogP contribution in [-0.4, -0.2) is 71.0 Å². The molecular formula is C25H27N7O2. The number of likely N-dealkylation sites (tertiary alicyclic amines) is 1. The summed E-state index contributed by atoms with van der Waals surface area (Å²) in [7, 11) is 1.51. The number of carbonyl (C=O) groups is 2. The Morgan fingerprint density at radius 2 is 1.85 bits per heavy atom. The average molecular weight is 458 g/mol. The van der Waals surface area contributed by atoms with E-state index in [1.807, 2.05) is 53.4 Å². The van der Waals surface area contributed by atoms with Crippen LogP contribution in [0, 0.1) is 11.3 Å². The molecular weight excluding hydrogens is 430 g/mol. The number of para-hydroxylation sites is 1. The van der Waals surface area contributed by atoms with Gasteiger partial charge in [-0.3, -0.25) is 14.6 Å². The maximum atomic E-state index is 13.5. The number of likely N-dealkylation sites (N-methyl/N-ethyl adjacent to an activating group) is 1. The van der Waals surface area contributed by atoms with E-state index >= 15 is 0 Å². The van der Waals surface area contributed by atoms with Crippen molar-refractivity contribution >= 4 is 23.6 Å². The average Bonchev–Trinajstić information content (AvgIpc) is 3.22. The number of guanidine groups is 1. The molecule has 2 N–H and O–H groups in total. The Hall–Kier alpha value is -3.90. The van der Waals surface area contributed by atoms with E-state index in [0.717, 1.165) is 29.8 Å². The van der Waals surface area contributed by atoms with Crippen LogP contribution >= 0.6 is 0 Å². The van der Waals surface area contributed by atoms with E-state index < -0.39 is 18.2 Å². The van der Waals surface area contributed by atoms with Gasteiger partial charge in [0.05, 0.1) is 11.6 Å². The van der Waals surface area contributed by atoms with Crippen molar-refractivity contribution in [3.05, 3.63) is 65.7 Å². The molecule has 0 aliphatic carbocycles. The number of hydrogen-bond acceptors (Lipinski definition) is 7. The predicted molar refractivity (Wildman–Crippen MR) is 128 cm³/mol. The second kappa shape index (κ2) is 8.80. The van der Waals surface area contributed by atoms with Crippen LogP contribution in [0.3, 0.4) is 0 Å². The zero-order chi connectivity index (χ0) is 23.8. The number of amides is 3. The third-order valence-corrected chi connectivity index (χ3v) is 6.72. The molecule has 3 amide bonds. The number of nitrogens with zero attached hydrogens (tertiary/aromatic N) is 6. The van der Waals surface area contributed by atoms with Crippen LogP contribution in [0.15, 0.2) is 59.6 Å². The zero-order valence-corrected chi connectivity index (χ0v) is 19.0. The second-order valence-electron chi connectivity index (χ2n) is 8.92. The molecule has 2 aromatic rings. The fourth-order valence-electron chi connectivity index (χ4n) is 5.00. The largest absolute Gasteiger partial charge is 0.341 e. The monoisotopic (exact) mass is 457 g/mol. The van der Waals surface area contributed by atoms with Gasteiger partial charge < -0.3 is 15.5 Å². The summed E-state index contributed by atoms with van der Waals surface area (Å²) in [5.41, 5.74) is 8.31. The lowest BCUT2D eigenvalue weighted by atomic mass is 10.0. The highest BCUT2D eigenvalue weighted by atomic mass is 16.2. The van der Waals surface area contributed by atoms with Gasteiger partial charge in [-0.05, 0) is 36.6 Å². The van der Waals surface area contributed by atoms with Crippen molar-refractivity contribution in [2.75, 3.05) is 25.0 Å². The lowest BCUT2D eigenvalue weighted by molar-refractivity contribution is -0.133. The molecule has 2 fully saturated rings. The Balaban J connectivity index is 1.60. The van der Waals surface area contributed by atoms with Crippen LogP contribution in [-0.2, 0) is 11.3 Å². The summed E-state index contributed by atoms with van der Waals surface area (Å²) < 4.78 is 0. The molecule has 9 nitrogen and oxygen atoms in total. The topological polar surface area (TPSA) is 109 Å². The van der Waals surface area contributed by atoms with Gasteiger partial charge in [0.2, 0.25) is 0 Å². The number of anilines is 1. The molecule has 0 bridgehead atoms. The molecule has 3 aliphatic heterocycles. The summed E-state index contributed by atoms with van der Waals surface area (Å²) in [6.45, 7) is 1.72. The summed E-state index contributed by atoms with van der Waals surface area (Å²) in [5, 5.41) is 9.64. The standard InChI is InChI=1S/C25H27N7O2/c1-29-23(33)21-22(32(25(29)34)20-11-3-2-4-12-20)28-24(30-13-7-10-19(27)16-30)31(21)15-18-9-6-5-8-17(18)14-26/h2-6,8-9,11-12,19,21-22H,7,10,13,15-16,27H2,1H3. The number of urea groups is 1. The molecule has 0 radical (unpaired) electrons. The van der Waals surface area contributed by atoms with E-state index in [1.54, 1.807) is 11.0 Å². The van der Waals surface area contributed by atoms with Crippen LogP contribution in [0.1, 0.15) is 24.0 Å². The lowest BCUT2D eigenvalue weighted by Crippen LogP contribution is -2.65. The Kier molecular flexibility index (Phi) is 5.67. The van der Waals surface area contributed by atoms with Crippen molar-refractivity contribution in [1.82, 2.24) is 14.7 Å². The zero-order valence-electron chi connectivity index (χ0n) is 19.0. The van der Waals surface area contributed by atoms with Gasteiger partial charge in [0.15, 0.2) is 18.2 Å². The number of benzene rings is 2. The quantitative estimate of drug-likeness (QED) is 0.755. The molecule has 5 rings (SSSR count). The molecule has 3 heterocycles. The lowest BCUT2D eigenvalue weighted by Gasteiger charge is -2.42. The van der Waals surface area contributed by atoms with E-state index in [1.165, 1.54) is 7.05 Å². The van der Waals surface area contributed by atoms with Crippen molar-refractivity contribution < 1.29 is 9.59 Å². The Morgan fingerprint density at radius 3 is 2.59 bits per heavy atom. The Labute approximate surface area is 198 Å². The second-order valence-corrected chi connectivity index (χ2v) is 8.92. The molecule has 2 saturated heterocycles. The molecule has 0 saturated carbocycles. The smallest absolute Gasteiger partial charge is 0.332 e. The molecule has 3 unspecified atom stereocenters. The van der Waals surface area contributed by atoms with Gasteiger partial charge in [0.25, 0.3) is 5.91 Å². The van der Waals surface area contributed by atoms with Gasteiger partial charge >= 0.3 is 6.03 Å². The minimum atomic E-state index is -0.707. The number of nitrogens with two attached hydrogens (primary N) is 1. The molecule has 0 aromatic heterocycles. The van der Waals surface area contributed by atoms with Crippen LogP contribution in [0.2, 0.25) is 0 Å². The summed E-state index contributed by atoms with van der Waals surface area (Å²) in [5.74, 6) is 0.340. The number of fused-ring (bicyclic) bond motifs is 1. The molecule has 0 spiro atoms. The summed E-state index contributed by atoms with van der Waals surface area (Å²) in [6, 6.07) is 17.8. The molecule has 174 valence electrons. The van der Waals surface area contributed by atoms with E-state index in [-0.39, 0.29) is 11.9 Å². The molecule has 9 heteroatoms. The molecule has 2 aromatic carbocycles. The fourth-order valence-corrected chi connectivity index (χ4v) is 5.00. The fraction of sp³-hybridized carbons (Fsp3) is 0.360. The number of rotatable bonds is 3. The molecule has 3 aliphatic rings. The predicted octanol–water partition coefficient (Wildman–Crippen LogP) is 1.95. The van der Waals surface area contributed by atoms with Crippen LogP contribution < -0.4 is 10.6 Å². The van der Waals surface area contributed by atoms with Gasteiger partial charge in [0.1, 0.15) is 0 Å². The van der Waals surface area contributed by atoms with Crippen molar-refractivity contribution in [2.24, 2.45) is 10.7 Å². The molecule has 3 atom stereocenters. The number of imide groups is 1. The summed E-state index contributed by atoms with van der Waals surface area (Å²) in [6.07, 6.45) is 1.15. The van der Waals surface area contributed by atoms with E-state index in [4.69, 9.17) is 10.7 Å². The summed E-state index contributed by atoms with van der Waals surface area (Å²) >= 11 is 0. The first-order valence-corrected chi connectivity index (χ1v) is 11.5. The van der Waals surface area contributed by atoms with E-state index in [2.05, 4.69) is 11.0 Å². The third-order valence-electron chi connectivity index (χ3n) is 6.72. The first kappa shape index (κ1) is 21.9. The maximum absolute atomic E-state index is 13.5. The van der Waals surface area contributed by atoms with Gasteiger partial charge in [-0.25, -0.2) is 9.79 Å². The van der Waals surface area contributed by atoms with Crippen molar-refractivity contribution in [1.29, 1.82) is 5.26 Å². The SMILES string of the molecule is CN1C(=O)C2C(N=C(N3CCCC(N)C3)N2Cc2ccccc2C#N)N(c2ccccc2)C1=O. The number of piperidine rings is 1. The highest BCUT2D eigenvalue weighted by Crippen LogP contribution is 2.34. The number of carbonyl (C=O) groups excluding carboxylic acids is 2. The van der Waals surface area contributed by atoms with E-state index in [0.29, 0.717) is 30.3 Å². The van der Waals surface area contributed by atoms with Crippen molar-refractivity contribution in [3.63, 3.8) is 0 Å². The van der Waals surface area contributed by atoms with Gasteiger partial charge in [-0.15, -0.1) is 0 Å². The normalized spacial score (nSPS) is 24.7. The minimum Gasteiger partial charge on any atom is -0.341 e. The van der Waals surface area contributed by atoms with Crippen molar-refractivity contribution in [3.8, 4) is 6.07 Å². The maximum Gasteiger partial charge on any atom is 0.332 e. The first-order valence-electron chi connectivity index (χ1n) is 11.5. The van der Waals surface area contributed by atoms with Crippen LogP contribution in [0.25, 0.3) is 0 Å². The Bertz CT molecular complexity index is 1180. The third kappa shape index (κ3) is 3.66. The van der Waals surface area contributed by atoms with Gasteiger partial charge in [-0.1, -0.05) is 36.4 Å². The van der Waals surface area contributed by atoms with E-state index in [9.17, 15) is 14.9 Å². The van der Waals surface area contributed by atoms with Crippen molar-refractivity contribution in [2.45, 2.75) is 37.6 Å².